The third-order valence-electron chi connectivity index (χ3n) is 4.66. The summed E-state index contributed by atoms with van der Waals surface area (Å²) in [7, 11) is 0. The number of benzene rings is 2. The van der Waals surface area contributed by atoms with Gasteiger partial charge in [-0.1, -0.05) is 66.7 Å². The first-order valence-electron chi connectivity index (χ1n) is 9.74. The predicted molar refractivity (Wildman–Crippen MR) is 125 cm³/mol. The van der Waals surface area contributed by atoms with Crippen LogP contribution in [0.5, 0.6) is 0 Å². The Kier molecular flexibility index (Phi) is 6.70. The van der Waals surface area contributed by atoms with Crippen molar-refractivity contribution >= 4 is 24.4 Å². The van der Waals surface area contributed by atoms with Crippen molar-refractivity contribution < 1.29 is 0 Å². The van der Waals surface area contributed by atoms with Crippen LogP contribution in [-0.2, 0) is 0 Å². The number of hydrogen-bond acceptors (Lipinski definition) is 4. The van der Waals surface area contributed by atoms with Crippen molar-refractivity contribution in [2.24, 2.45) is 0 Å². The smallest absolute Gasteiger partial charge is 0.120 e. The molecular weight excluding hydrogens is 394 g/mol. The first-order chi connectivity index (χ1) is 14.3. The van der Waals surface area contributed by atoms with E-state index in [0.717, 1.165) is 52.0 Å². The molecule has 2 aromatic carbocycles. The van der Waals surface area contributed by atoms with Crippen LogP contribution in [0.3, 0.4) is 0 Å². The molecule has 1 N–H and O–H groups in total. The van der Waals surface area contributed by atoms with Gasteiger partial charge in [-0.3, -0.25) is 0 Å². The summed E-state index contributed by atoms with van der Waals surface area (Å²) in [5.41, 5.74) is 4.28. The summed E-state index contributed by atoms with van der Waals surface area (Å²) in [6.45, 7) is 0. The van der Waals surface area contributed by atoms with Gasteiger partial charge in [0.05, 0.1) is 21.7 Å². The van der Waals surface area contributed by atoms with Crippen LogP contribution in [-0.4, -0.2) is 20.7 Å². The number of rotatable bonds is 8. The van der Waals surface area contributed by atoms with Crippen LogP contribution >= 0.6 is 24.4 Å². The molecule has 2 aromatic heterocycles. The number of thiol groups is 1. The second-order valence-electron chi connectivity index (χ2n) is 6.75. The van der Waals surface area contributed by atoms with Crippen LogP contribution in [0.15, 0.2) is 90.1 Å². The molecule has 1 unspecified atom stereocenters. The predicted octanol–water partition coefficient (Wildman–Crippen LogP) is 6.68. The third kappa shape index (κ3) is 5.11. The summed E-state index contributed by atoms with van der Waals surface area (Å²) in [6.07, 6.45) is 3.85. The van der Waals surface area contributed by atoms with Crippen LogP contribution < -0.4 is 0 Å². The Morgan fingerprint density at radius 2 is 1.55 bits per heavy atom. The lowest BCUT2D eigenvalue weighted by atomic mass is 10.1. The molecule has 0 bridgehead atoms. The van der Waals surface area contributed by atoms with Crippen LogP contribution in [0, 0.1) is 0 Å². The molecule has 1 atom stereocenters. The minimum atomic E-state index is 0.0688. The normalized spacial score (nSPS) is 12.0. The Balaban J connectivity index is 1.49. The van der Waals surface area contributed by atoms with E-state index in [0.29, 0.717) is 0 Å². The third-order valence-corrected chi connectivity index (χ3v) is 6.19. The van der Waals surface area contributed by atoms with E-state index >= 15 is 0 Å². The first-order valence-corrected chi connectivity index (χ1v) is 11.2. The maximum absolute atomic E-state index is 4.94. The van der Waals surface area contributed by atoms with Gasteiger partial charge < -0.3 is 4.98 Å². The number of nitrogens with zero attached hydrogens (tertiary/aromatic N) is 2. The summed E-state index contributed by atoms with van der Waals surface area (Å²) in [6, 6.07) is 26.7. The Morgan fingerprint density at radius 3 is 2.24 bits per heavy atom. The van der Waals surface area contributed by atoms with E-state index in [4.69, 9.17) is 17.6 Å². The van der Waals surface area contributed by atoms with Gasteiger partial charge in [0.15, 0.2) is 0 Å². The molecule has 0 aliphatic heterocycles. The second-order valence-corrected chi connectivity index (χ2v) is 8.49. The number of pyridine rings is 1. The minimum absolute atomic E-state index is 0.0688. The first kappa shape index (κ1) is 19.8. The van der Waals surface area contributed by atoms with E-state index in [1.807, 2.05) is 48.7 Å². The summed E-state index contributed by atoms with van der Waals surface area (Å²) < 4.78 is 0. The molecule has 4 rings (SSSR count). The monoisotopic (exact) mass is 417 g/mol. The van der Waals surface area contributed by atoms with Crippen molar-refractivity contribution in [3.63, 3.8) is 0 Å². The highest BCUT2D eigenvalue weighted by Crippen LogP contribution is 2.34. The highest BCUT2D eigenvalue weighted by Gasteiger charge is 2.18. The lowest BCUT2D eigenvalue weighted by Crippen LogP contribution is -1.95. The van der Waals surface area contributed by atoms with Gasteiger partial charge in [0.2, 0.25) is 0 Å². The fraction of sp³-hybridized carbons (Fsp3) is 0.167. The zero-order chi connectivity index (χ0) is 19.9. The Bertz CT molecular complexity index is 961. The van der Waals surface area contributed by atoms with Crippen LogP contribution in [0.4, 0.5) is 0 Å². The largest absolute Gasteiger partial charge is 0.341 e. The van der Waals surface area contributed by atoms with E-state index in [9.17, 15) is 0 Å². The van der Waals surface area contributed by atoms with E-state index in [1.54, 1.807) is 11.8 Å². The molecule has 0 fully saturated rings. The summed E-state index contributed by atoms with van der Waals surface area (Å²) in [5.74, 6) is 1.94. The lowest BCUT2D eigenvalue weighted by molar-refractivity contribution is 0.756. The van der Waals surface area contributed by atoms with Gasteiger partial charge in [0, 0.05) is 17.3 Å². The fourth-order valence-corrected chi connectivity index (χ4v) is 4.33. The number of aromatic nitrogens is 3. The van der Waals surface area contributed by atoms with Crippen molar-refractivity contribution in [1.82, 2.24) is 15.0 Å². The van der Waals surface area contributed by atoms with Gasteiger partial charge in [0.25, 0.3) is 0 Å². The molecule has 0 aliphatic rings. The van der Waals surface area contributed by atoms with Crippen LogP contribution in [0.25, 0.3) is 22.5 Å². The van der Waals surface area contributed by atoms with E-state index in [2.05, 4.69) is 46.4 Å². The summed E-state index contributed by atoms with van der Waals surface area (Å²) in [5, 5.41) is 1.14. The number of H-pyrrole nitrogens is 1. The Labute approximate surface area is 181 Å². The SMILES string of the molecule is SC(CCCSc1ccccn1)c1nc(-c2ccccc2)c(-c2ccccc2)[nH]1. The topological polar surface area (TPSA) is 41.6 Å². The quantitative estimate of drug-likeness (QED) is 0.191. The molecule has 2 heterocycles. The molecular formula is C24H23N3S2. The molecule has 3 nitrogen and oxygen atoms in total. The minimum Gasteiger partial charge on any atom is -0.341 e. The summed E-state index contributed by atoms with van der Waals surface area (Å²) >= 11 is 6.63. The fourth-order valence-electron chi connectivity index (χ4n) is 3.19. The van der Waals surface area contributed by atoms with Crippen molar-refractivity contribution in [3.05, 3.63) is 90.9 Å². The van der Waals surface area contributed by atoms with Crippen molar-refractivity contribution in [2.75, 3.05) is 5.75 Å². The number of aromatic amines is 1. The average Bonchev–Trinajstić information content (AvgIpc) is 3.24. The van der Waals surface area contributed by atoms with E-state index < -0.39 is 0 Å². The standard InChI is InChI=1S/C24H23N3S2/c28-20(14-9-17-29-21-15-7-8-16-25-21)24-26-22(18-10-3-1-4-11-18)23(27-24)19-12-5-2-6-13-19/h1-8,10-13,15-16,20,28H,9,14,17H2,(H,26,27). The van der Waals surface area contributed by atoms with Gasteiger partial charge in [-0.15, -0.1) is 11.8 Å². The Hall–Kier alpha value is -2.50. The van der Waals surface area contributed by atoms with Crippen molar-refractivity contribution in [1.29, 1.82) is 0 Å². The highest BCUT2D eigenvalue weighted by atomic mass is 32.2. The van der Waals surface area contributed by atoms with Crippen molar-refractivity contribution in [2.45, 2.75) is 23.1 Å². The molecule has 0 amide bonds. The number of thioether (sulfide) groups is 1. The Morgan fingerprint density at radius 1 is 0.862 bits per heavy atom. The maximum Gasteiger partial charge on any atom is 0.120 e. The van der Waals surface area contributed by atoms with Gasteiger partial charge in [-0.25, -0.2) is 9.97 Å². The van der Waals surface area contributed by atoms with E-state index in [1.165, 1.54) is 0 Å². The molecule has 0 aliphatic carbocycles. The van der Waals surface area contributed by atoms with Crippen molar-refractivity contribution in [3.8, 4) is 22.5 Å². The second kappa shape index (κ2) is 9.81. The zero-order valence-corrected chi connectivity index (χ0v) is 17.7. The number of imidazole rings is 1. The molecule has 0 saturated heterocycles. The maximum atomic E-state index is 4.94. The molecule has 146 valence electrons. The molecule has 0 saturated carbocycles. The molecule has 4 aromatic rings. The van der Waals surface area contributed by atoms with Crippen LogP contribution in [0.1, 0.15) is 23.9 Å². The van der Waals surface area contributed by atoms with Crippen LogP contribution in [0.2, 0.25) is 0 Å². The zero-order valence-electron chi connectivity index (χ0n) is 16.0. The van der Waals surface area contributed by atoms with Gasteiger partial charge in [0.1, 0.15) is 5.82 Å². The summed E-state index contributed by atoms with van der Waals surface area (Å²) in [4.78, 5) is 12.9. The highest BCUT2D eigenvalue weighted by molar-refractivity contribution is 7.99. The molecule has 29 heavy (non-hydrogen) atoms. The average molecular weight is 418 g/mol. The molecule has 0 spiro atoms. The van der Waals surface area contributed by atoms with Gasteiger partial charge in [-0.2, -0.15) is 12.6 Å². The van der Waals surface area contributed by atoms with Gasteiger partial charge >= 0.3 is 0 Å². The molecule has 0 radical (unpaired) electrons. The van der Waals surface area contributed by atoms with Gasteiger partial charge in [-0.05, 0) is 30.7 Å². The lowest BCUT2D eigenvalue weighted by Gasteiger charge is -2.07. The molecule has 5 heteroatoms. The number of hydrogen-bond donors (Lipinski definition) is 2. The number of nitrogens with one attached hydrogen (secondary N) is 1. The van der Waals surface area contributed by atoms with E-state index in [-0.39, 0.29) is 5.25 Å².